The lowest BCUT2D eigenvalue weighted by atomic mass is 9.92. The van der Waals surface area contributed by atoms with Gasteiger partial charge in [-0.1, -0.05) is 44.1 Å². The number of fused-ring (bicyclic) bond motifs is 5. The van der Waals surface area contributed by atoms with E-state index in [2.05, 4.69) is 52.5 Å². The number of nitrogens with two attached hydrogens (primary N) is 1. The number of piperidine rings is 1. The van der Waals surface area contributed by atoms with Gasteiger partial charge in [0.2, 0.25) is 59.1 Å². The molecule has 10 amide bonds. The number of aromatic amines is 1. The van der Waals surface area contributed by atoms with Gasteiger partial charge in [0, 0.05) is 68.7 Å². The summed E-state index contributed by atoms with van der Waals surface area (Å²) in [5, 5.41) is 65.0. The highest BCUT2D eigenvalue weighted by molar-refractivity contribution is 8.76. The Balaban J connectivity index is 1.28. The molecule has 2 aromatic heterocycles. The normalized spacial score (nSPS) is 25.6. The number of aromatic nitrogens is 2. The standard InChI is InChI=1S/C54H75N13O15S3/c1-4-27(2)44-51(79)59-22-41(74)60-35-26-85(82)53-32(31-8-9-37(70)47(46(31)65-53)66-16-11-29(12-17-66)10-15-56-40(73)13-18-83-84-43-7-5-6-14-57-43)20-33(48(76)58-23-42(75)63-44)61-52(80)45(28(3)38(71)25-68)64-50(78)36-19-30(69)24-67(36)54(81)34(21-39(55)72)62-49(35)77/h5-9,14,27-30,33-36,38,44-45,65,68-71H,4,10-13,15-26H2,1-3H3,(H2,55,72)(H,56,73)(H,58,76)(H,59,79)(H,60,74)(H,61,80)(H,62,77)(H,63,75)(H,64,78)/t27-,28+,30+,33+,34-,35+,36-,38+,44-,45-,85?/m0/s1. The molecule has 4 aliphatic heterocycles. The molecule has 0 spiro atoms. The van der Waals surface area contributed by atoms with E-state index in [-0.39, 0.29) is 44.8 Å². The van der Waals surface area contributed by atoms with Crippen LogP contribution in [0.3, 0.4) is 0 Å². The van der Waals surface area contributed by atoms with Gasteiger partial charge in [-0.15, -0.1) is 0 Å². The summed E-state index contributed by atoms with van der Waals surface area (Å²) in [4.78, 5) is 150. The lowest BCUT2D eigenvalue weighted by molar-refractivity contribution is -0.144. The highest BCUT2D eigenvalue weighted by Gasteiger charge is 2.45. The average Bonchev–Trinajstić information content (AvgIpc) is 2.15. The molecule has 464 valence electrons. The van der Waals surface area contributed by atoms with Gasteiger partial charge < -0.3 is 83.5 Å². The van der Waals surface area contributed by atoms with Gasteiger partial charge in [0.05, 0.1) is 60.4 Å². The second kappa shape index (κ2) is 30.3. The van der Waals surface area contributed by atoms with Gasteiger partial charge in [0.25, 0.3) is 0 Å². The molecule has 2 fully saturated rings. The third-order valence-corrected chi connectivity index (χ3v) is 19.4. The monoisotopic (exact) mass is 1240 g/mol. The molecule has 3 aromatic rings. The van der Waals surface area contributed by atoms with Crippen molar-refractivity contribution in [2.75, 3.05) is 62.3 Å². The Kier molecular flexibility index (Phi) is 23.4. The number of carbonyl (C=O) groups is 10. The number of nitrogens with zero attached hydrogens (tertiary/aromatic N) is 3. The number of primary amides is 1. The van der Waals surface area contributed by atoms with Gasteiger partial charge in [-0.2, -0.15) is 0 Å². The first-order valence-electron chi connectivity index (χ1n) is 28.1. The van der Waals surface area contributed by atoms with Crippen LogP contribution in [0.2, 0.25) is 0 Å². The minimum Gasteiger partial charge on any atom is -0.506 e. The maximum atomic E-state index is 15.3. The number of aromatic hydroxyl groups is 1. The number of amides is 10. The molecule has 0 saturated carbocycles. The van der Waals surface area contributed by atoms with Crippen LogP contribution in [0.25, 0.3) is 10.9 Å². The number of aliphatic hydroxyl groups is 3. The van der Waals surface area contributed by atoms with Crippen molar-refractivity contribution < 1.29 is 72.6 Å². The number of carbonyl (C=O) groups excluding carboxylic acids is 10. The van der Waals surface area contributed by atoms with Crippen LogP contribution in [0.15, 0.2) is 46.6 Å². The summed E-state index contributed by atoms with van der Waals surface area (Å²) in [6.45, 7) is 2.92. The molecule has 85 heavy (non-hydrogen) atoms. The molecular weight excluding hydrogens is 1170 g/mol. The highest BCUT2D eigenvalue weighted by atomic mass is 33.1. The summed E-state index contributed by atoms with van der Waals surface area (Å²) in [5.41, 5.74) is 6.12. The zero-order valence-corrected chi connectivity index (χ0v) is 49.7. The number of hydrogen-bond donors (Lipinski definition) is 14. The van der Waals surface area contributed by atoms with Crippen LogP contribution in [0.4, 0.5) is 5.69 Å². The number of aliphatic hydroxyl groups excluding tert-OH is 3. The van der Waals surface area contributed by atoms with Gasteiger partial charge in [0.1, 0.15) is 57.7 Å². The van der Waals surface area contributed by atoms with Crippen molar-refractivity contribution in [2.45, 2.75) is 131 Å². The van der Waals surface area contributed by atoms with E-state index in [1.54, 1.807) is 20.0 Å². The predicted molar refractivity (Wildman–Crippen MR) is 312 cm³/mol. The van der Waals surface area contributed by atoms with Crippen LogP contribution in [-0.2, 0) is 65.2 Å². The minimum atomic E-state index is -2.48. The molecule has 31 heteroatoms. The van der Waals surface area contributed by atoms with E-state index in [1.165, 1.54) is 40.6 Å². The molecule has 0 radical (unpaired) electrons. The number of H-pyrrole nitrogens is 1. The SMILES string of the molecule is CC[C@H](C)[C@@H]1NC(=O)CNC(=O)[C@H]2Cc3c([nH]c4c(N5CCC(CCNC(=O)CCSSc6ccccn6)CC5)c(O)ccc34)S(=O)C[C@@H](NC(=O)CNC1=O)C(=O)N[C@@H](CC(N)=O)C(=O)N1C[C@H](O)C[C@H]1C(=O)N[C@@H]([C@H](C)[C@H](O)CO)C(=O)N2. The zero-order chi connectivity index (χ0) is 61.6. The summed E-state index contributed by atoms with van der Waals surface area (Å²) in [6, 6.07) is -1.75. The fourth-order valence-electron chi connectivity index (χ4n) is 10.7. The van der Waals surface area contributed by atoms with Crippen LogP contribution < -0.4 is 53.2 Å². The third kappa shape index (κ3) is 17.1. The van der Waals surface area contributed by atoms with Gasteiger partial charge >= 0.3 is 0 Å². The largest absolute Gasteiger partial charge is 0.506 e. The smallest absolute Gasteiger partial charge is 0.246 e. The molecule has 1 unspecified atom stereocenters. The quantitative estimate of drug-likeness (QED) is 0.0503. The van der Waals surface area contributed by atoms with Crippen molar-refractivity contribution >= 4 is 108 Å². The molecule has 1 aromatic carbocycles. The van der Waals surface area contributed by atoms with Gasteiger partial charge in [0.15, 0.2) is 0 Å². The fraction of sp³-hybridized carbons (Fsp3) is 0.574. The lowest BCUT2D eigenvalue weighted by Crippen LogP contribution is -2.62. The molecule has 2 bridgehead atoms. The highest BCUT2D eigenvalue weighted by Crippen LogP contribution is 2.41. The second-order valence-electron chi connectivity index (χ2n) is 21.7. The molecule has 4 aliphatic rings. The Morgan fingerprint density at radius 3 is 2.28 bits per heavy atom. The molecule has 11 atom stereocenters. The molecule has 6 heterocycles. The van der Waals surface area contributed by atoms with Gasteiger partial charge in [-0.05, 0) is 71.7 Å². The second-order valence-corrected chi connectivity index (χ2v) is 25.5. The number of hydrogen-bond acceptors (Lipinski definition) is 19. The summed E-state index contributed by atoms with van der Waals surface area (Å²) < 4.78 is 15.3. The van der Waals surface area contributed by atoms with Crippen LogP contribution >= 0.6 is 21.6 Å². The fourth-order valence-corrected chi connectivity index (χ4v) is 13.9. The van der Waals surface area contributed by atoms with Crippen molar-refractivity contribution in [3.05, 3.63) is 42.1 Å². The van der Waals surface area contributed by atoms with E-state index >= 15 is 4.21 Å². The van der Waals surface area contributed by atoms with Crippen molar-refractivity contribution in [2.24, 2.45) is 23.5 Å². The lowest BCUT2D eigenvalue weighted by Gasteiger charge is -2.34. The zero-order valence-electron chi connectivity index (χ0n) is 47.3. The number of phenols is 1. The maximum absolute atomic E-state index is 15.3. The number of phenolic OH excluding ortho intramolecular Hbond substituents is 1. The first-order valence-corrected chi connectivity index (χ1v) is 31.8. The van der Waals surface area contributed by atoms with Crippen molar-refractivity contribution in [1.82, 2.24) is 57.4 Å². The number of rotatable bonds is 16. The van der Waals surface area contributed by atoms with Crippen molar-refractivity contribution in [1.29, 1.82) is 0 Å². The van der Waals surface area contributed by atoms with Crippen molar-refractivity contribution in [3.8, 4) is 5.75 Å². The van der Waals surface area contributed by atoms with E-state index in [1.807, 2.05) is 23.1 Å². The number of pyridine rings is 1. The summed E-state index contributed by atoms with van der Waals surface area (Å²) >= 11 is 0. The Bertz CT molecular complexity index is 2990. The predicted octanol–water partition coefficient (Wildman–Crippen LogP) is -2.97. The molecule has 0 aliphatic carbocycles. The summed E-state index contributed by atoms with van der Waals surface area (Å²) in [5.74, 6) is -11.6. The van der Waals surface area contributed by atoms with Crippen LogP contribution in [-0.4, -0.2) is 204 Å². The topological polar surface area (TPSA) is 426 Å². The maximum Gasteiger partial charge on any atom is 0.246 e. The van der Waals surface area contributed by atoms with Crippen LogP contribution in [0, 0.1) is 17.8 Å². The van der Waals surface area contributed by atoms with E-state index in [9.17, 15) is 68.4 Å². The molecule has 7 rings (SSSR count). The number of anilines is 1. The van der Waals surface area contributed by atoms with E-state index in [0.717, 1.165) is 9.93 Å². The van der Waals surface area contributed by atoms with Crippen LogP contribution in [0.1, 0.15) is 71.3 Å². The molecular formula is C54H75N13O15S3. The molecule has 2 saturated heterocycles. The van der Waals surface area contributed by atoms with Crippen LogP contribution in [0.5, 0.6) is 5.75 Å². The van der Waals surface area contributed by atoms with Gasteiger partial charge in [-0.3, -0.25) is 52.2 Å². The van der Waals surface area contributed by atoms with E-state index in [4.69, 9.17) is 5.73 Å². The summed E-state index contributed by atoms with van der Waals surface area (Å²) in [7, 11) is 0.547. The Labute approximate surface area is 500 Å². The van der Waals surface area contributed by atoms with E-state index < -0.39 is 176 Å². The van der Waals surface area contributed by atoms with Gasteiger partial charge in [-0.25, -0.2) is 4.98 Å². The first-order chi connectivity index (χ1) is 40.6. The number of benzene rings is 1. The third-order valence-electron chi connectivity index (χ3n) is 15.7. The first kappa shape index (κ1) is 65.5. The Morgan fingerprint density at radius 1 is 0.882 bits per heavy atom. The Hall–Kier alpha value is -7.06. The molecule has 28 nitrogen and oxygen atoms in total. The average molecular weight is 1240 g/mol. The molecule has 15 N–H and O–H groups in total. The minimum absolute atomic E-state index is 0.0667. The Morgan fingerprint density at radius 2 is 1.60 bits per heavy atom. The van der Waals surface area contributed by atoms with E-state index in [0.29, 0.717) is 57.5 Å². The number of nitrogens with one attached hydrogen (secondary N) is 9. The van der Waals surface area contributed by atoms with Crippen molar-refractivity contribution in [3.63, 3.8) is 0 Å². The summed E-state index contributed by atoms with van der Waals surface area (Å²) in [6.07, 6.45) is -0.631.